The van der Waals surface area contributed by atoms with Crippen molar-refractivity contribution in [2.45, 2.75) is 19.9 Å². The van der Waals surface area contributed by atoms with E-state index in [1.165, 1.54) is 15.0 Å². The van der Waals surface area contributed by atoms with Crippen LogP contribution in [0.3, 0.4) is 0 Å². The van der Waals surface area contributed by atoms with Crippen molar-refractivity contribution in [2.24, 2.45) is 0 Å². The van der Waals surface area contributed by atoms with E-state index in [4.69, 9.17) is 0 Å². The molecule has 1 nitrogen and oxygen atoms in total. The number of hydrogen-bond acceptors (Lipinski definition) is 2. The number of anilines is 1. The largest absolute Gasteiger partial charge is 0.375 e. The van der Waals surface area contributed by atoms with Crippen molar-refractivity contribution in [3.05, 3.63) is 64.8 Å². The summed E-state index contributed by atoms with van der Waals surface area (Å²) in [6.07, 6.45) is 0. The molecule has 0 aliphatic carbocycles. The summed E-state index contributed by atoms with van der Waals surface area (Å²) in [5, 5.41) is 4.49. The lowest BCUT2D eigenvalue weighted by atomic mass is 10.2. The zero-order valence-corrected chi connectivity index (χ0v) is 12.3. The molecular formula is C17H16FNS. The van der Waals surface area contributed by atoms with Crippen molar-refractivity contribution in [1.82, 2.24) is 0 Å². The van der Waals surface area contributed by atoms with Crippen LogP contribution in [-0.4, -0.2) is 0 Å². The van der Waals surface area contributed by atoms with Gasteiger partial charge in [-0.25, -0.2) is 4.39 Å². The van der Waals surface area contributed by atoms with Crippen LogP contribution in [0.4, 0.5) is 10.1 Å². The predicted molar refractivity (Wildman–Crippen MR) is 85.0 cm³/mol. The van der Waals surface area contributed by atoms with Crippen LogP contribution in [0, 0.1) is 12.7 Å². The molecule has 0 saturated carbocycles. The van der Waals surface area contributed by atoms with Crippen molar-refractivity contribution in [3.8, 4) is 0 Å². The predicted octanol–water partition coefficient (Wildman–Crippen LogP) is 5.52. The average Bonchev–Trinajstić information content (AvgIpc) is 2.86. The van der Waals surface area contributed by atoms with Crippen LogP contribution in [0.2, 0.25) is 0 Å². The molecule has 0 spiro atoms. The number of fused-ring (bicyclic) bond motifs is 1. The van der Waals surface area contributed by atoms with E-state index in [9.17, 15) is 4.39 Å². The van der Waals surface area contributed by atoms with Crippen LogP contribution in [0.1, 0.15) is 23.4 Å². The van der Waals surface area contributed by atoms with Crippen LogP contribution in [0.5, 0.6) is 0 Å². The van der Waals surface area contributed by atoms with E-state index in [-0.39, 0.29) is 11.9 Å². The van der Waals surface area contributed by atoms with Gasteiger partial charge >= 0.3 is 0 Å². The summed E-state index contributed by atoms with van der Waals surface area (Å²) >= 11 is 1.75. The van der Waals surface area contributed by atoms with Gasteiger partial charge in [-0.3, -0.25) is 0 Å². The lowest BCUT2D eigenvalue weighted by molar-refractivity contribution is 0.626. The normalized spacial score (nSPS) is 12.6. The number of thiophene rings is 1. The third-order valence-electron chi connectivity index (χ3n) is 3.37. The van der Waals surface area contributed by atoms with Gasteiger partial charge in [0.05, 0.1) is 11.7 Å². The summed E-state index contributed by atoms with van der Waals surface area (Å²) in [5.41, 5.74) is 1.49. The van der Waals surface area contributed by atoms with Crippen LogP contribution in [0.25, 0.3) is 10.1 Å². The Hall–Kier alpha value is -1.87. The molecule has 1 atom stereocenters. The number of halogens is 1. The van der Waals surface area contributed by atoms with E-state index >= 15 is 0 Å². The summed E-state index contributed by atoms with van der Waals surface area (Å²) < 4.78 is 15.1. The minimum atomic E-state index is -0.196. The Morgan fingerprint density at radius 1 is 1.10 bits per heavy atom. The van der Waals surface area contributed by atoms with E-state index in [1.807, 2.05) is 25.1 Å². The maximum Gasteiger partial charge on any atom is 0.146 e. The van der Waals surface area contributed by atoms with Gasteiger partial charge in [0.1, 0.15) is 5.82 Å². The maximum atomic E-state index is 13.9. The summed E-state index contributed by atoms with van der Waals surface area (Å²) in [5.74, 6) is -0.196. The van der Waals surface area contributed by atoms with Crippen molar-refractivity contribution in [3.63, 3.8) is 0 Å². The molecule has 102 valence electrons. The Kier molecular flexibility index (Phi) is 3.45. The van der Waals surface area contributed by atoms with Gasteiger partial charge in [0.15, 0.2) is 0 Å². The van der Waals surface area contributed by atoms with E-state index in [0.717, 1.165) is 5.56 Å². The Bertz CT molecular complexity index is 715. The van der Waals surface area contributed by atoms with Crippen LogP contribution in [-0.2, 0) is 0 Å². The van der Waals surface area contributed by atoms with Crippen molar-refractivity contribution >= 4 is 27.1 Å². The van der Waals surface area contributed by atoms with E-state index in [0.29, 0.717) is 5.69 Å². The highest BCUT2D eigenvalue weighted by Crippen LogP contribution is 2.31. The minimum absolute atomic E-state index is 0.0876. The topological polar surface area (TPSA) is 12.0 Å². The van der Waals surface area contributed by atoms with Crippen molar-refractivity contribution in [1.29, 1.82) is 0 Å². The second-order valence-electron chi connectivity index (χ2n) is 5.04. The molecule has 1 heterocycles. The first-order chi connectivity index (χ1) is 9.63. The lowest BCUT2D eigenvalue weighted by Gasteiger charge is -2.14. The molecule has 3 aromatic rings. The van der Waals surface area contributed by atoms with Gasteiger partial charge in [-0.15, -0.1) is 11.3 Å². The summed E-state index contributed by atoms with van der Waals surface area (Å²) in [6, 6.07) is 15.8. The van der Waals surface area contributed by atoms with Gasteiger partial charge in [0.25, 0.3) is 0 Å². The first-order valence-corrected chi connectivity index (χ1v) is 7.46. The summed E-state index contributed by atoms with van der Waals surface area (Å²) in [4.78, 5) is 1.21. The molecule has 0 bridgehead atoms. The molecule has 20 heavy (non-hydrogen) atoms. The molecule has 0 saturated heterocycles. The Morgan fingerprint density at radius 2 is 1.90 bits per heavy atom. The van der Waals surface area contributed by atoms with E-state index < -0.39 is 0 Å². The fraction of sp³-hybridized carbons (Fsp3) is 0.176. The van der Waals surface area contributed by atoms with Crippen molar-refractivity contribution < 1.29 is 4.39 Å². The van der Waals surface area contributed by atoms with E-state index in [2.05, 4.69) is 30.4 Å². The molecule has 1 unspecified atom stereocenters. The Morgan fingerprint density at radius 3 is 2.65 bits per heavy atom. The molecule has 0 amide bonds. The smallest absolute Gasteiger partial charge is 0.146 e. The quantitative estimate of drug-likeness (QED) is 0.668. The third-order valence-corrected chi connectivity index (χ3v) is 4.67. The first kappa shape index (κ1) is 13.1. The summed E-state index contributed by atoms with van der Waals surface area (Å²) in [7, 11) is 0. The van der Waals surface area contributed by atoms with Gasteiger partial charge in [-0.2, -0.15) is 0 Å². The summed E-state index contributed by atoms with van der Waals surface area (Å²) in [6.45, 7) is 3.95. The fourth-order valence-electron chi connectivity index (χ4n) is 2.26. The van der Waals surface area contributed by atoms with E-state index in [1.54, 1.807) is 23.5 Å². The molecule has 1 N–H and O–H groups in total. The van der Waals surface area contributed by atoms with Gasteiger partial charge < -0.3 is 5.32 Å². The maximum absolute atomic E-state index is 13.9. The average molecular weight is 285 g/mol. The highest BCUT2D eigenvalue weighted by Gasteiger charge is 2.11. The zero-order chi connectivity index (χ0) is 14.1. The molecule has 0 radical (unpaired) electrons. The van der Waals surface area contributed by atoms with Crippen molar-refractivity contribution in [2.75, 3.05) is 5.32 Å². The molecule has 2 aromatic carbocycles. The fourth-order valence-corrected chi connectivity index (χ4v) is 3.32. The molecule has 3 rings (SSSR count). The zero-order valence-electron chi connectivity index (χ0n) is 11.5. The molecular weight excluding hydrogens is 269 g/mol. The molecule has 0 fully saturated rings. The third kappa shape index (κ3) is 2.54. The molecule has 3 heteroatoms. The highest BCUT2D eigenvalue weighted by atomic mass is 32.1. The SMILES string of the molecule is Cc1ccc(NC(C)c2cc3ccccc3s2)c(F)c1. The number of nitrogens with one attached hydrogen (secondary N) is 1. The standard InChI is InChI=1S/C17H16FNS/c1-11-7-8-15(14(18)9-11)19-12(2)17-10-13-5-3-4-6-16(13)20-17/h3-10,12,19H,1-2H3. The number of aryl methyl sites for hydroxylation is 1. The second-order valence-corrected chi connectivity index (χ2v) is 6.15. The van der Waals surface area contributed by atoms with Crippen LogP contribution in [0.15, 0.2) is 48.5 Å². The Labute approximate surface area is 122 Å². The lowest BCUT2D eigenvalue weighted by Crippen LogP contribution is -2.06. The minimum Gasteiger partial charge on any atom is -0.375 e. The van der Waals surface area contributed by atoms with Gasteiger partial charge in [-0.05, 0) is 49.1 Å². The van der Waals surface area contributed by atoms with Gasteiger partial charge in [-0.1, -0.05) is 24.3 Å². The Balaban J connectivity index is 1.86. The number of benzene rings is 2. The monoisotopic (exact) mass is 285 g/mol. The molecule has 0 aliphatic rings. The number of hydrogen-bond donors (Lipinski definition) is 1. The van der Waals surface area contributed by atoms with Gasteiger partial charge in [0, 0.05) is 9.58 Å². The molecule has 0 aliphatic heterocycles. The highest BCUT2D eigenvalue weighted by molar-refractivity contribution is 7.19. The molecule has 1 aromatic heterocycles. The first-order valence-electron chi connectivity index (χ1n) is 6.64. The van der Waals surface area contributed by atoms with Crippen LogP contribution >= 0.6 is 11.3 Å². The van der Waals surface area contributed by atoms with Crippen LogP contribution < -0.4 is 5.32 Å². The number of rotatable bonds is 3. The van der Waals surface area contributed by atoms with Gasteiger partial charge in [0.2, 0.25) is 0 Å². The second kappa shape index (κ2) is 5.25.